The number of carbonyl (C=O) groups excluding carboxylic acids is 1. The number of carboxylic acids is 1. The van der Waals surface area contributed by atoms with E-state index in [4.69, 9.17) is 14.6 Å². The number of nitrogens with one attached hydrogen (secondary N) is 1. The van der Waals surface area contributed by atoms with Crippen LogP contribution in [0.1, 0.15) is 24.8 Å². The Hall–Kier alpha value is -2.24. The molecule has 0 aromatic heterocycles. The Labute approximate surface area is 124 Å². The van der Waals surface area contributed by atoms with Crippen LogP contribution in [0.15, 0.2) is 18.2 Å². The molecule has 6 heteroatoms. The Kier molecular flexibility index (Phi) is 7.08. The zero-order valence-corrected chi connectivity index (χ0v) is 12.3. The van der Waals surface area contributed by atoms with Crippen LogP contribution < -0.4 is 14.8 Å². The average Bonchev–Trinajstić information content (AvgIpc) is 2.46. The lowest BCUT2D eigenvalue weighted by atomic mass is 10.1. The average molecular weight is 295 g/mol. The van der Waals surface area contributed by atoms with Crippen molar-refractivity contribution in [3.8, 4) is 11.5 Å². The number of aliphatic carboxylic acids is 1. The quantitative estimate of drug-likeness (QED) is 0.676. The molecule has 0 fully saturated rings. The summed E-state index contributed by atoms with van der Waals surface area (Å²) in [6, 6.07) is 5.29. The number of rotatable bonds is 9. The molecule has 1 aromatic rings. The van der Waals surface area contributed by atoms with Crippen LogP contribution in [0, 0.1) is 0 Å². The monoisotopic (exact) mass is 295 g/mol. The zero-order chi connectivity index (χ0) is 15.7. The molecular formula is C15H21NO5. The van der Waals surface area contributed by atoms with Gasteiger partial charge >= 0.3 is 5.97 Å². The lowest BCUT2D eigenvalue weighted by molar-refractivity contribution is -0.137. The van der Waals surface area contributed by atoms with E-state index in [0.29, 0.717) is 30.9 Å². The Morgan fingerprint density at radius 1 is 1.19 bits per heavy atom. The second kappa shape index (κ2) is 8.84. The molecule has 2 N–H and O–H groups in total. The van der Waals surface area contributed by atoms with Gasteiger partial charge in [-0.3, -0.25) is 9.59 Å². The molecule has 0 aliphatic heterocycles. The largest absolute Gasteiger partial charge is 0.497 e. The number of carbonyl (C=O) groups is 2. The van der Waals surface area contributed by atoms with Crippen molar-refractivity contribution in [2.24, 2.45) is 0 Å². The van der Waals surface area contributed by atoms with Crippen LogP contribution in [0.25, 0.3) is 0 Å². The molecule has 1 rings (SSSR count). The van der Waals surface area contributed by atoms with E-state index < -0.39 is 5.97 Å². The highest BCUT2D eigenvalue weighted by molar-refractivity contribution is 5.79. The fourth-order valence-electron chi connectivity index (χ4n) is 1.88. The van der Waals surface area contributed by atoms with Crippen molar-refractivity contribution in [3.05, 3.63) is 23.8 Å². The van der Waals surface area contributed by atoms with E-state index >= 15 is 0 Å². The molecule has 0 aliphatic rings. The van der Waals surface area contributed by atoms with Gasteiger partial charge in [-0.15, -0.1) is 0 Å². The van der Waals surface area contributed by atoms with Gasteiger partial charge in [0.05, 0.1) is 20.6 Å². The first kappa shape index (κ1) is 16.8. The Bertz CT molecular complexity index is 487. The maximum atomic E-state index is 11.9. The van der Waals surface area contributed by atoms with Crippen molar-refractivity contribution >= 4 is 11.9 Å². The Morgan fingerprint density at radius 2 is 1.95 bits per heavy atom. The number of hydrogen-bond donors (Lipinski definition) is 2. The maximum absolute atomic E-state index is 11.9. The van der Waals surface area contributed by atoms with Gasteiger partial charge in [0.2, 0.25) is 5.91 Å². The molecular weight excluding hydrogens is 274 g/mol. The van der Waals surface area contributed by atoms with Gasteiger partial charge in [0, 0.05) is 18.5 Å². The summed E-state index contributed by atoms with van der Waals surface area (Å²) < 4.78 is 10.3. The van der Waals surface area contributed by atoms with E-state index in [2.05, 4.69) is 5.32 Å². The summed E-state index contributed by atoms with van der Waals surface area (Å²) in [5.74, 6) is 0.358. The van der Waals surface area contributed by atoms with Gasteiger partial charge in [-0.2, -0.15) is 0 Å². The molecule has 0 aliphatic carbocycles. The maximum Gasteiger partial charge on any atom is 0.303 e. The highest BCUT2D eigenvalue weighted by Crippen LogP contribution is 2.24. The third-order valence-electron chi connectivity index (χ3n) is 2.98. The standard InChI is InChI=1S/C15H21NO5/c1-20-12-6-7-13(21-2)11(9-12)10-14(17)16-8-4-3-5-15(18)19/h6-7,9H,3-5,8,10H2,1-2H3,(H,16,17)(H,18,19). The second-order valence-corrected chi connectivity index (χ2v) is 4.56. The minimum absolute atomic E-state index is 0.125. The Balaban J connectivity index is 2.45. The molecule has 0 heterocycles. The van der Waals surface area contributed by atoms with Crippen LogP contribution in [-0.2, 0) is 16.0 Å². The topological polar surface area (TPSA) is 84.9 Å². The fraction of sp³-hybridized carbons (Fsp3) is 0.467. The van der Waals surface area contributed by atoms with Gasteiger partial charge in [-0.1, -0.05) is 0 Å². The summed E-state index contributed by atoms with van der Waals surface area (Å²) in [5.41, 5.74) is 0.750. The van der Waals surface area contributed by atoms with Gasteiger partial charge < -0.3 is 19.9 Å². The van der Waals surface area contributed by atoms with Crippen LogP contribution in [0.3, 0.4) is 0 Å². The number of amides is 1. The van der Waals surface area contributed by atoms with Crippen LogP contribution >= 0.6 is 0 Å². The molecule has 0 atom stereocenters. The van der Waals surface area contributed by atoms with E-state index in [-0.39, 0.29) is 18.7 Å². The van der Waals surface area contributed by atoms with E-state index in [0.717, 1.165) is 5.56 Å². The molecule has 0 saturated carbocycles. The van der Waals surface area contributed by atoms with E-state index in [1.54, 1.807) is 32.4 Å². The Morgan fingerprint density at radius 3 is 2.57 bits per heavy atom. The highest BCUT2D eigenvalue weighted by atomic mass is 16.5. The summed E-state index contributed by atoms with van der Waals surface area (Å²) in [7, 11) is 3.11. The summed E-state index contributed by atoms with van der Waals surface area (Å²) in [6.45, 7) is 0.471. The summed E-state index contributed by atoms with van der Waals surface area (Å²) in [6.07, 6.45) is 1.52. The number of benzene rings is 1. The predicted molar refractivity (Wildman–Crippen MR) is 77.7 cm³/mol. The highest BCUT2D eigenvalue weighted by Gasteiger charge is 2.10. The van der Waals surface area contributed by atoms with Gasteiger partial charge in [-0.05, 0) is 31.0 Å². The van der Waals surface area contributed by atoms with Crippen molar-refractivity contribution in [1.29, 1.82) is 0 Å². The van der Waals surface area contributed by atoms with Crippen molar-refractivity contribution in [2.75, 3.05) is 20.8 Å². The number of hydrogen-bond acceptors (Lipinski definition) is 4. The molecule has 21 heavy (non-hydrogen) atoms. The lowest BCUT2D eigenvalue weighted by Gasteiger charge is -2.10. The summed E-state index contributed by atoms with van der Waals surface area (Å²) in [4.78, 5) is 22.2. The minimum atomic E-state index is -0.817. The van der Waals surface area contributed by atoms with Crippen LogP contribution in [-0.4, -0.2) is 37.7 Å². The van der Waals surface area contributed by atoms with Gasteiger partial charge in [0.25, 0.3) is 0 Å². The summed E-state index contributed by atoms with van der Waals surface area (Å²) >= 11 is 0. The van der Waals surface area contributed by atoms with E-state index in [9.17, 15) is 9.59 Å². The molecule has 1 aromatic carbocycles. The summed E-state index contributed by atoms with van der Waals surface area (Å²) in [5, 5.41) is 11.3. The van der Waals surface area contributed by atoms with Gasteiger partial charge in [-0.25, -0.2) is 0 Å². The molecule has 0 saturated heterocycles. The SMILES string of the molecule is COc1ccc(OC)c(CC(=O)NCCCCC(=O)O)c1. The van der Waals surface area contributed by atoms with Gasteiger partial charge in [0.15, 0.2) is 0 Å². The molecule has 6 nitrogen and oxygen atoms in total. The third kappa shape index (κ3) is 6.16. The van der Waals surface area contributed by atoms with E-state index in [1.807, 2.05) is 0 Å². The number of methoxy groups -OCH3 is 2. The van der Waals surface area contributed by atoms with E-state index in [1.165, 1.54) is 0 Å². The first-order valence-corrected chi connectivity index (χ1v) is 6.76. The lowest BCUT2D eigenvalue weighted by Crippen LogP contribution is -2.26. The number of ether oxygens (including phenoxy) is 2. The van der Waals surface area contributed by atoms with Crippen molar-refractivity contribution in [2.45, 2.75) is 25.7 Å². The smallest absolute Gasteiger partial charge is 0.303 e. The number of unbranched alkanes of at least 4 members (excludes halogenated alkanes) is 1. The van der Waals surface area contributed by atoms with Crippen LogP contribution in [0.5, 0.6) is 11.5 Å². The second-order valence-electron chi connectivity index (χ2n) is 4.56. The molecule has 0 radical (unpaired) electrons. The van der Waals surface area contributed by atoms with Gasteiger partial charge in [0.1, 0.15) is 11.5 Å². The first-order valence-electron chi connectivity index (χ1n) is 6.76. The first-order chi connectivity index (χ1) is 10.1. The predicted octanol–water partition coefficient (Wildman–Crippen LogP) is 1.62. The normalized spacial score (nSPS) is 10.0. The molecule has 0 bridgehead atoms. The molecule has 116 valence electrons. The number of carboxylic acid groups (broad SMARTS) is 1. The van der Waals surface area contributed by atoms with Crippen molar-refractivity contribution in [3.63, 3.8) is 0 Å². The minimum Gasteiger partial charge on any atom is -0.497 e. The molecule has 1 amide bonds. The van der Waals surface area contributed by atoms with Crippen LogP contribution in [0.2, 0.25) is 0 Å². The van der Waals surface area contributed by atoms with Crippen molar-refractivity contribution < 1.29 is 24.2 Å². The molecule has 0 spiro atoms. The third-order valence-corrected chi connectivity index (χ3v) is 2.98. The fourth-order valence-corrected chi connectivity index (χ4v) is 1.88. The van der Waals surface area contributed by atoms with Crippen LogP contribution in [0.4, 0.5) is 0 Å². The van der Waals surface area contributed by atoms with Crippen molar-refractivity contribution in [1.82, 2.24) is 5.32 Å². The zero-order valence-electron chi connectivity index (χ0n) is 12.3. The molecule has 0 unspecified atom stereocenters.